The van der Waals surface area contributed by atoms with Gasteiger partial charge in [0.05, 0.1) is 18.1 Å². The quantitative estimate of drug-likeness (QED) is 0.805. The number of rotatable bonds is 3. The molecule has 22 heavy (non-hydrogen) atoms. The molecule has 2 aromatic heterocycles. The first-order valence-electron chi connectivity index (χ1n) is 6.85. The fourth-order valence-electron chi connectivity index (χ4n) is 2.22. The molecule has 110 valence electrons. The van der Waals surface area contributed by atoms with E-state index in [0.717, 1.165) is 11.1 Å². The molecule has 0 aliphatic carbocycles. The molecule has 0 bridgehead atoms. The molecule has 3 aromatic rings. The van der Waals surface area contributed by atoms with Crippen LogP contribution in [0.4, 0.5) is 5.69 Å². The Bertz CT molecular complexity index is 846. The van der Waals surface area contributed by atoms with Crippen LogP contribution in [0.15, 0.2) is 48.7 Å². The van der Waals surface area contributed by atoms with Gasteiger partial charge in [-0.25, -0.2) is 4.98 Å². The van der Waals surface area contributed by atoms with Crippen molar-refractivity contribution in [3.8, 4) is 5.75 Å². The van der Waals surface area contributed by atoms with Crippen LogP contribution in [0, 0.1) is 6.92 Å². The number of carbonyl (C=O) groups excluding carboxylic acids is 1. The summed E-state index contributed by atoms with van der Waals surface area (Å²) in [6.07, 6.45) is 1.71. The molecule has 0 unspecified atom stereocenters. The predicted octanol–water partition coefficient (Wildman–Crippen LogP) is 3.20. The van der Waals surface area contributed by atoms with Crippen LogP contribution in [0.5, 0.6) is 5.75 Å². The molecule has 3 rings (SSSR count). The molecule has 0 atom stereocenters. The highest BCUT2D eigenvalue weighted by molar-refractivity contribution is 6.05. The van der Waals surface area contributed by atoms with Gasteiger partial charge in [0, 0.05) is 18.0 Å². The predicted molar refractivity (Wildman–Crippen MR) is 85.2 cm³/mol. The van der Waals surface area contributed by atoms with Crippen molar-refractivity contribution in [1.82, 2.24) is 9.97 Å². The van der Waals surface area contributed by atoms with Crippen molar-refractivity contribution >= 4 is 22.6 Å². The third kappa shape index (κ3) is 2.74. The summed E-state index contributed by atoms with van der Waals surface area (Å²) in [5.74, 6) is 0.432. The summed E-state index contributed by atoms with van der Waals surface area (Å²) in [6.45, 7) is 1.85. The van der Waals surface area contributed by atoms with Gasteiger partial charge in [-0.15, -0.1) is 0 Å². The van der Waals surface area contributed by atoms with Gasteiger partial charge in [0.1, 0.15) is 11.4 Å². The summed E-state index contributed by atoms with van der Waals surface area (Å²) < 4.78 is 5.15. The number of pyridine rings is 2. The summed E-state index contributed by atoms with van der Waals surface area (Å²) in [6, 6.07) is 12.7. The zero-order valence-corrected chi connectivity index (χ0v) is 12.3. The molecule has 5 heteroatoms. The van der Waals surface area contributed by atoms with Crippen molar-refractivity contribution in [2.24, 2.45) is 0 Å². The van der Waals surface area contributed by atoms with Gasteiger partial charge in [-0.3, -0.25) is 9.78 Å². The Morgan fingerprint density at radius 3 is 2.82 bits per heavy atom. The van der Waals surface area contributed by atoms with Crippen molar-refractivity contribution in [2.75, 3.05) is 12.4 Å². The molecular formula is C17H15N3O2. The Balaban J connectivity index is 1.92. The molecule has 0 radical (unpaired) electrons. The van der Waals surface area contributed by atoms with E-state index in [0.29, 0.717) is 22.6 Å². The summed E-state index contributed by atoms with van der Waals surface area (Å²) in [4.78, 5) is 21.1. The van der Waals surface area contributed by atoms with Gasteiger partial charge in [0.15, 0.2) is 0 Å². The van der Waals surface area contributed by atoms with E-state index in [2.05, 4.69) is 15.3 Å². The minimum absolute atomic E-state index is 0.253. The third-order valence-electron chi connectivity index (χ3n) is 3.32. The second kappa shape index (κ2) is 5.81. The molecule has 0 aliphatic rings. The highest BCUT2D eigenvalue weighted by Crippen LogP contribution is 2.19. The Kier molecular flexibility index (Phi) is 3.70. The van der Waals surface area contributed by atoms with Crippen LogP contribution in [0.25, 0.3) is 11.0 Å². The van der Waals surface area contributed by atoms with E-state index >= 15 is 0 Å². The van der Waals surface area contributed by atoms with Crippen molar-refractivity contribution in [3.05, 3.63) is 59.9 Å². The van der Waals surface area contributed by atoms with Crippen LogP contribution in [-0.2, 0) is 0 Å². The molecule has 0 aliphatic heterocycles. The maximum absolute atomic E-state index is 12.4. The van der Waals surface area contributed by atoms with Crippen LogP contribution in [0.2, 0.25) is 0 Å². The molecule has 1 N–H and O–H groups in total. The second-order valence-corrected chi connectivity index (χ2v) is 4.88. The lowest BCUT2D eigenvalue weighted by Gasteiger charge is -2.09. The summed E-state index contributed by atoms with van der Waals surface area (Å²) in [5, 5.41) is 2.84. The van der Waals surface area contributed by atoms with E-state index in [1.807, 2.05) is 31.2 Å². The number of carbonyl (C=O) groups is 1. The van der Waals surface area contributed by atoms with E-state index < -0.39 is 0 Å². The number of methoxy groups -OCH3 is 1. The first-order valence-corrected chi connectivity index (χ1v) is 6.85. The van der Waals surface area contributed by atoms with Crippen molar-refractivity contribution in [2.45, 2.75) is 6.92 Å². The first kappa shape index (κ1) is 14.0. The number of fused-ring (bicyclic) bond motifs is 1. The van der Waals surface area contributed by atoms with E-state index in [1.165, 1.54) is 0 Å². The molecule has 0 saturated carbocycles. The van der Waals surface area contributed by atoms with Gasteiger partial charge in [0.25, 0.3) is 5.91 Å². The maximum Gasteiger partial charge on any atom is 0.274 e. The smallest absolute Gasteiger partial charge is 0.274 e. The SMILES string of the molecule is COc1cccc(NC(=O)c2nc3cccnc3cc2C)c1. The van der Waals surface area contributed by atoms with Gasteiger partial charge in [-0.2, -0.15) is 0 Å². The fraction of sp³-hybridized carbons (Fsp3) is 0.118. The molecular weight excluding hydrogens is 278 g/mol. The average Bonchev–Trinajstić information content (AvgIpc) is 2.54. The standard InChI is InChI=1S/C17H15N3O2/c1-11-9-15-14(7-4-8-18-15)20-16(11)17(21)19-12-5-3-6-13(10-12)22-2/h3-10H,1-2H3,(H,19,21). The number of aromatic nitrogens is 2. The number of nitrogens with one attached hydrogen (secondary N) is 1. The molecule has 0 fully saturated rings. The number of amides is 1. The molecule has 1 aromatic carbocycles. The minimum atomic E-state index is -0.253. The maximum atomic E-state index is 12.4. The van der Waals surface area contributed by atoms with E-state index in [1.54, 1.807) is 31.5 Å². The highest BCUT2D eigenvalue weighted by atomic mass is 16.5. The Hall–Kier alpha value is -2.95. The number of hydrogen-bond acceptors (Lipinski definition) is 4. The zero-order valence-electron chi connectivity index (χ0n) is 12.3. The number of ether oxygens (including phenoxy) is 1. The fourth-order valence-corrected chi connectivity index (χ4v) is 2.22. The summed E-state index contributed by atoms with van der Waals surface area (Å²) in [7, 11) is 1.59. The van der Waals surface area contributed by atoms with Crippen molar-refractivity contribution in [1.29, 1.82) is 0 Å². The Morgan fingerprint density at radius 1 is 1.14 bits per heavy atom. The number of anilines is 1. The second-order valence-electron chi connectivity index (χ2n) is 4.88. The summed E-state index contributed by atoms with van der Waals surface area (Å²) in [5.41, 5.74) is 3.31. The van der Waals surface area contributed by atoms with Crippen LogP contribution in [0.3, 0.4) is 0 Å². The number of hydrogen-bond donors (Lipinski definition) is 1. The van der Waals surface area contributed by atoms with Gasteiger partial charge < -0.3 is 10.1 Å². The average molecular weight is 293 g/mol. The van der Waals surface area contributed by atoms with Gasteiger partial charge in [0.2, 0.25) is 0 Å². The Morgan fingerprint density at radius 2 is 2.00 bits per heavy atom. The topological polar surface area (TPSA) is 64.1 Å². The molecule has 0 spiro atoms. The van der Waals surface area contributed by atoms with E-state index in [9.17, 15) is 4.79 Å². The van der Waals surface area contributed by atoms with Crippen molar-refractivity contribution < 1.29 is 9.53 Å². The Labute approximate surface area is 128 Å². The lowest BCUT2D eigenvalue weighted by atomic mass is 10.1. The third-order valence-corrected chi connectivity index (χ3v) is 3.32. The van der Waals surface area contributed by atoms with Crippen LogP contribution in [0.1, 0.15) is 16.1 Å². The number of aryl methyl sites for hydroxylation is 1. The lowest BCUT2D eigenvalue weighted by Crippen LogP contribution is -2.15. The summed E-state index contributed by atoms with van der Waals surface area (Å²) >= 11 is 0. The molecule has 5 nitrogen and oxygen atoms in total. The monoisotopic (exact) mass is 293 g/mol. The normalized spacial score (nSPS) is 10.5. The highest BCUT2D eigenvalue weighted by Gasteiger charge is 2.13. The molecule has 0 saturated heterocycles. The minimum Gasteiger partial charge on any atom is -0.497 e. The first-order chi connectivity index (χ1) is 10.7. The van der Waals surface area contributed by atoms with Gasteiger partial charge >= 0.3 is 0 Å². The van der Waals surface area contributed by atoms with E-state index in [-0.39, 0.29) is 5.91 Å². The molecule has 2 heterocycles. The molecule has 1 amide bonds. The van der Waals surface area contributed by atoms with Crippen LogP contribution >= 0.6 is 0 Å². The lowest BCUT2D eigenvalue weighted by molar-refractivity contribution is 0.102. The van der Waals surface area contributed by atoms with E-state index in [4.69, 9.17) is 4.74 Å². The van der Waals surface area contributed by atoms with Gasteiger partial charge in [-0.1, -0.05) is 6.07 Å². The van der Waals surface area contributed by atoms with Gasteiger partial charge in [-0.05, 0) is 42.8 Å². The van der Waals surface area contributed by atoms with Crippen LogP contribution < -0.4 is 10.1 Å². The number of benzene rings is 1. The van der Waals surface area contributed by atoms with Crippen LogP contribution in [-0.4, -0.2) is 23.0 Å². The number of nitrogens with zero attached hydrogens (tertiary/aromatic N) is 2. The zero-order chi connectivity index (χ0) is 15.5. The largest absolute Gasteiger partial charge is 0.497 e. The van der Waals surface area contributed by atoms with Crippen molar-refractivity contribution in [3.63, 3.8) is 0 Å².